The van der Waals surface area contributed by atoms with E-state index in [4.69, 9.17) is 5.26 Å². The van der Waals surface area contributed by atoms with Crippen molar-refractivity contribution >= 4 is 39.3 Å². The van der Waals surface area contributed by atoms with Gasteiger partial charge in [-0.2, -0.15) is 5.26 Å². The van der Waals surface area contributed by atoms with Crippen LogP contribution in [0.1, 0.15) is 46.1 Å². The second-order valence-electron chi connectivity index (χ2n) is 9.63. The van der Waals surface area contributed by atoms with Crippen molar-refractivity contribution < 1.29 is 18.0 Å². The maximum absolute atomic E-state index is 15.7. The highest BCUT2D eigenvalue weighted by molar-refractivity contribution is 7.16. The van der Waals surface area contributed by atoms with Gasteiger partial charge in [-0.15, -0.1) is 0 Å². The quantitative estimate of drug-likeness (QED) is 0.409. The molecular weight excluding hydrogens is 543 g/mol. The predicted molar refractivity (Wildman–Crippen MR) is 148 cm³/mol. The summed E-state index contributed by atoms with van der Waals surface area (Å²) in [6.07, 6.45) is 1.96. The molecule has 1 fully saturated rings. The molecule has 4 heterocycles. The first kappa shape index (κ1) is 27.4. The third kappa shape index (κ3) is 5.73. The highest BCUT2D eigenvalue weighted by Gasteiger charge is 2.26. The SMILES string of the molecule is C[C@H]1CN(c2cc(F)c(C3=CCCN(c4ncc(C#N)s4)C3)cc2NC(=O)c2c[nH]c(=O)cc2C(F)F)CCN1. The normalized spacial score (nSPS) is 17.5. The van der Waals surface area contributed by atoms with Crippen LogP contribution in [0.25, 0.3) is 5.57 Å². The molecule has 1 aromatic carbocycles. The van der Waals surface area contributed by atoms with E-state index >= 15 is 4.39 Å². The molecule has 2 aliphatic heterocycles. The molecule has 0 bridgehead atoms. The largest absolute Gasteiger partial charge is 0.367 e. The summed E-state index contributed by atoms with van der Waals surface area (Å²) in [7, 11) is 0. The van der Waals surface area contributed by atoms with Crippen LogP contribution in [-0.4, -0.2) is 54.6 Å². The van der Waals surface area contributed by atoms with Gasteiger partial charge >= 0.3 is 0 Å². The Hall–Kier alpha value is -4.15. The molecule has 0 spiro atoms. The predicted octanol–water partition coefficient (Wildman–Crippen LogP) is 4.12. The van der Waals surface area contributed by atoms with Crippen LogP contribution in [0.3, 0.4) is 0 Å². The molecule has 0 radical (unpaired) electrons. The number of H-pyrrole nitrogens is 1. The smallest absolute Gasteiger partial charge is 0.264 e. The molecule has 9 nitrogen and oxygen atoms in total. The first-order chi connectivity index (χ1) is 19.2. The minimum atomic E-state index is -3.04. The van der Waals surface area contributed by atoms with E-state index in [9.17, 15) is 18.4 Å². The highest BCUT2D eigenvalue weighted by atomic mass is 32.1. The molecule has 3 aromatic rings. The molecular formula is C27H26F3N7O2S. The summed E-state index contributed by atoms with van der Waals surface area (Å²) in [6.45, 7) is 4.71. The minimum absolute atomic E-state index is 0.107. The van der Waals surface area contributed by atoms with Gasteiger partial charge in [-0.3, -0.25) is 9.59 Å². The lowest BCUT2D eigenvalue weighted by Gasteiger charge is -2.35. The summed E-state index contributed by atoms with van der Waals surface area (Å²) in [5.74, 6) is -1.33. The standard InChI is InChI=1S/C27H26F3N7O2S/c1-15-13-36(6-4-32-15)23-9-21(28)18(16-3-2-5-37(14-16)27-34-11-17(10-31)40-27)7-22(23)35-26(39)20-12-33-24(38)8-19(20)25(29)30/h3,7-9,11-12,15,25,32H,2,4-6,13-14H2,1H3,(H,33,38)(H,35,39)/t15-/m0/s1. The van der Waals surface area contributed by atoms with Gasteiger partial charge in [0.1, 0.15) is 16.8 Å². The zero-order chi connectivity index (χ0) is 28.4. The zero-order valence-corrected chi connectivity index (χ0v) is 22.3. The number of rotatable bonds is 6. The number of halogens is 3. The van der Waals surface area contributed by atoms with E-state index in [2.05, 4.69) is 26.7 Å². The van der Waals surface area contributed by atoms with Crippen LogP contribution >= 0.6 is 11.3 Å². The number of anilines is 3. The Morgan fingerprint density at radius 1 is 1.27 bits per heavy atom. The van der Waals surface area contributed by atoms with E-state index in [1.54, 1.807) is 0 Å². The van der Waals surface area contributed by atoms with E-state index in [0.717, 1.165) is 6.20 Å². The second-order valence-corrected chi connectivity index (χ2v) is 10.6. The van der Waals surface area contributed by atoms with Crippen molar-refractivity contribution in [3.63, 3.8) is 0 Å². The second kappa shape index (κ2) is 11.5. The maximum atomic E-state index is 15.7. The van der Waals surface area contributed by atoms with E-state index < -0.39 is 29.3 Å². The van der Waals surface area contributed by atoms with Crippen molar-refractivity contribution in [1.82, 2.24) is 15.3 Å². The van der Waals surface area contributed by atoms with Crippen molar-refractivity contribution in [1.29, 1.82) is 5.26 Å². The van der Waals surface area contributed by atoms with Gasteiger partial charge < -0.3 is 25.4 Å². The van der Waals surface area contributed by atoms with Crippen LogP contribution in [0.5, 0.6) is 0 Å². The number of carbonyl (C=O) groups is 1. The van der Waals surface area contributed by atoms with Crippen molar-refractivity contribution in [3.05, 3.63) is 74.4 Å². The molecule has 0 unspecified atom stereocenters. The van der Waals surface area contributed by atoms with Gasteiger partial charge in [-0.1, -0.05) is 17.4 Å². The Balaban J connectivity index is 1.52. The molecule has 1 atom stereocenters. The first-order valence-electron chi connectivity index (χ1n) is 12.7. The number of hydrogen-bond acceptors (Lipinski definition) is 8. The molecule has 3 N–H and O–H groups in total. The highest BCUT2D eigenvalue weighted by Crippen LogP contribution is 2.36. The number of pyridine rings is 1. The van der Waals surface area contributed by atoms with E-state index in [1.165, 1.54) is 29.7 Å². The maximum Gasteiger partial charge on any atom is 0.264 e. The molecule has 40 heavy (non-hydrogen) atoms. The number of aromatic amines is 1. The average molecular weight is 570 g/mol. The van der Waals surface area contributed by atoms with Crippen molar-refractivity contribution in [2.75, 3.05) is 47.8 Å². The summed E-state index contributed by atoms with van der Waals surface area (Å²) in [5, 5.41) is 15.8. The fraction of sp³-hybridized carbons (Fsp3) is 0.333. The Labute approximate surface area is 231 Å². The van der Waals surface area contributed by atoms with E-state index in [0.29, 0.717) is 66.5 Å². The summed E-state index contributed by atoms with van der Waals surface area (Å²) in [4.78, 5) is 35.8. The van der Waals surface area contributed by atoms with E-state index in [-0.39, 0.29) is 22.9 Å². The number of hydrogen-bond donors (Lipinski definition) is 3. The molecule has 0 saturated carbocycles. The minimum Gasteiger partial charge on any atom is -0.367 e. The molecule has 2 aromatic heterocycles. The number of nitrogens with zero attached hydrogens (tertiary/aromatic N) is 4. The lowest BCUT2D eigenvalue weighted by atomic mass is 9.98. The van der Waals surface area contributed by atoms with Gasteiger partial charge in [-0.25, -0.2) is 18.2 Å². The third-order valence-corrected chi connectivity index (χ3v) is 7.81. The Morgan fingerprint density at radius 3 is 2.83 bits per heavy atom. The third-order valence-electron chi connectivity index (χ3n) is 6.85. The Morgan fingerprint density at radius 2 is 2.10 bits per heavy atom. The molecule has 0 aliphatic carbocycles. The lowest BCUT2D eigenvalue weighted by Crippen LogP contribution is -2.49. The number of amides is 1. The number of thiazole rings is 1. The van der Waals surface area contributed by atoms with Crippen LogP contribution in [-0.2, 0) is 0 Å². The van der Waals surface area contributed by atoms with Crippen LogP contribution in [0, 0.1) is 17.1 Å². The number of nitriles is 1. The summed E-state index contributed by atoms with van der Waals surface area (Å²) < 4.78 is 43.0. The monoisotopic (exact) mass is 569 g/mol. The van der Waals surface area contributed by atoms with Crippen molar-refractivity contribution in [2.24, 2.45) is 0 Å². The van der Waals surface area contributed by atoms with Gasteiger partial charge in [-0.05, 0) is 31.1 Å². The van der Waals surface area contributed by atoms with Crippen molar-refractivity contribution in [3.8, 4) is 6.07 Å². The number of nitrogens with one attached hydrogen (secondary N) is 3. The van der Waals surface area contributed by atoms with Crippen LogP contribution in [0.4, 0.5) is 29.7 Å². The topological polar surface area (TPSA) is 117 Å². The Kier molecular flexibility index (Phi) is 7.90. The van der Waals surface area contributed by atoms with Crippen LogP contribution < -0.4 is 26.0 Å². The number of carbonyl (C=O) groups excluding carboxylic acids is 1. The lowest BCUT2D eigenvalue weighted by molar-refractivity contribution is 0.101. The van der Waals surface area contributed by atoms with Crippen LogP contribution in [0.15, 0.2) is 41.5 Å². The number of piperazine rings is 1. The van der Waals surface area contributed by atoms with Gasteiger partial charge in [0, 0.05) is 62.2 Å². The Bertz CT molecular complexity index is 1560. The van der Waals surface area contributed by atoms with Gasteiger partial charge in [0.05, 0.1) is 23.1 Å². The van der Waals surface area contributed by atoms with Crippen LogP contribution in [0.2, 0.25) is 0 Å². The zero-order valence-electron chi connectivity index (χ0n) is 21.5. The van der Waals surface area contributed by atoms with Crippen molar-refractivity contribution in [2.45, 2.75) is 25.8 Å². The molecule has 2 aliphatic rings. The first-order valence-corrected chi connectivity index (χ1v) is 13.5. The molecule has 1 amide bonds. The average Bonchev–Trinajstić information content (AvgIpc) is 3.43. The fourth-order valence-corrected chi connectivity index (χ4v) is 5.68. The van der Waals surface area contributed by atoms with Gasteiger partial charge in [0.15, 0.2) is 5.13 Å². The number of aromatic nitrogens is 2. The molecule has 5 rings (SSSR count). The summed E-state index contributed by atoms with van der Waals surface area (Å²) >= 11 is 1.25. The number of benzene rings is 1. The molecule has 13 heteroatoms. The van der Waals surface area contributed by atoms with E-state index in [1.807, 2.05) is 22.8 Å². The van der Waals surface area contributed by atoms with Gasteiger partial charge in [0.25, 0.3) is 12.3 Å². The molecule has 208 valence electrons. The van der Waals surface area contributed by atoms with Gasteiger partial charge in [0.2, 0.25) is 5.56 Å². The molecule has 1 saturated heterocycles. The number of alkyl halides is 2. The fourth-order valence-electron chi connectivity index (χ4n) is 4.94. The summed E-state index contributed by atoms with van der Waals surface area (Å²) in [6, 6.07) is 5.77. The summed E-state index contributed by atoms with van der Waals surface area (Å²) in [5.41, 5.74) is -0.182.